The van der Waals surface area contributed by atoms with Gasteiger partial charge in [0.15, 0.2) is 17.0 Å². The predicted octanol–water partition coefficient (Wildman–Crippen LogP) is 4.41. The van der Waals surface area contributed by atoms with Crippen LogP contribution in [0, 0.1) is 0 Å². The molecule has 2 aromatic heterocycles. The average molecular weight is 469 g/mol. The molecule has 0 saturated carbocycles. The highest BCUT2D eigenvalue weighted by Crippen LogP contribution is 2.35. The van der Waals surface area contributed by atoms with Crippen molar-refractivity contribution in [1.29, 1.82) is 0 Å². The zero-order valence-corrected chi connectivity index (χ0v) is 16.5. The van der Waals surface area contributed by atoms with E-state index in [0.29, 0.717) is 16.1 Å². The minimum atomic E-state index is -0.0248. The second-order valence-electron chi connectivity index (χ2n) is 5.58. The molecule has 1 unspecified atom stereocenters. The number of rotatable bonds is 4. The number of imidazole rings is 1. The quantitative estimate of drug-likeness (QED) is 0.571. The lowest BCUT2D eigenvalue weighted by atomic mass is 10.3. The van der Waals surface area contributed by atoms with Gasteiger partial charge in [0.2, 0.25) is 4.73 Å². The molecule has 0 spiro atoms. The van der Waals surface area contributed by atoms with E-state index >= 15 is 0 Å². The first-order valence-electron chi connectivity index (χ1n) is 7.78. The van der Waals surface area contributed by atoms with Crippen molar-refractivity contribution in [1.82, 2.24) is 19.5 Å². The van der Waals surface area contributed by atoms with Crippen molar-refractivity contribution in [3.05, 3.63) is 33.7 Å². The Morgan fingerprint density at radius 3 is 2.96 bits per heavy atom. The molecule has 1 saturated heterocycles. The molecule has 3 aromatic rings. The van der Waals surface area contributed by atoms with Gasteiger partial charge in [-0.2, -0.15) is 0 Å². The van der Waals surface area contributed by atoms with Crippen LogP contribution < -0.4 is 10.1 Å². The largest absolute Gasteiger partial charge is 0.495 e. The Balaban J connectivity index is 1.77. The minimum absolute atomic E-state index is 0.0248. The fraction of sp³-hybridized carbons (Fsp3) is 0.312. The van der Waals surface area contributed by atoms with Crippen molar-refractivity contribution in [2.24, 2.45) is 0 Å². The second-order valence-corrected chi connectivity index (χ2v) is 7.08. The van der Waals surface area contributed by atoms with Crippen LogP contribution in [0.2, 0.25) is 0 Å². The van der Waals surface area contributed by atoms with Gasteiger partial charge in [-0.1, -0.05) is 6.07 Å². The molecule has 3 heterocycles. The molecule has 1 aliphatic heterocycles. The molecule has 7 nitrogen and oxygen atoms in total. The maximum Gasteiger partial charge on any atom is 0.200 e. The summed E-state index contributed by atoms with van der Waals surface area (Å²) in [5, 5.41) is 3.31. The maximum atomic E-state index is 5.76. The Kier molecular flexibility index (Phi) is 4.61. The van der Waals surface area contributed by atoms with E-state index in [1.54, 1.807) is 13.4 Å². The van der Waals surface area contributed by atoms with Crippen LogP contribution in [0.4, 0.5) is 11.5 Å². The van der Waals surface area contributed by atoms with Gasteiger partial charge in [0.05, 0.1) is 23.6 Å². The summed E-state index contributed by atoms with van der Waals surface area (Å²) in [6, 6.07) is 5.72. The zero-order valence-electron chi connectivity index (χ0n) is 13.4. The monoisotopic (exact) mass is 467 g/mol. The summed E-state index contributed by atoms with van der Waals surface area (Å²) in [6.45, 7) is 0.762. The molecule has 1 aromatic carbocycles. The van der Waals surface area contributed by atoms with Crippen molar-refractivity contribution in [3.8, 4) is 5.75 Å². The molecule has 0 aliphatic carbocycles. The van der Waals surface area contributed by atoms with Gasteiger partial charge in [-0.05, 0) is 56.8 Å². The molecule has 4 rings (SSSR count). The summed E-state index contributed by atoms with van der Waals surface area (Å²) in [4.78, 5) is 13.4. The van der Waals surface area contributed by atoms with Crippen LogP contribution in [-0.2, 0) is 4.74 Å². The van der Waals surface area contributed by atoms with Crippen LogP contribution >= 0.6 is 31.9 Å². The Hall–Kier alpha value is -1.71. The van der Waals surface area contributed by atoms with Crippen molar-refractivity contribution < 1.29 is 9.47 Å². The van der Waals surface area contributed by atoms with Crippen LogP contribution in [-0.4, -0.2) is 33.2 Å². The normalized spacial score (nSPS) is 17.2. The SMILES string of the molecule is COc1cccc(Nc2nc(Br)nc3c2ncn3C2CCCO2)c1Br. The highest BCUT2D eigenvalue weighted by molar-refractivity contribution is 9.10. The molecule has 1 fully saturated rings. The van der Waals surface area contributed by atoms with Gasteiger partial charge < -0.3 is 14.8 Å². The summed E-state index contributed by atoms with van der Waals surface area (Å²) in [5.74, 6) is 1.35. The third-order valence-corrected chi connectivity index (χ3v) is 5.22. The molecule has 1 N–H and O–H groups in total. The molecule has 1 atom stereocenters. The Morgan fingerprint density at radius 1 is 1.32 bits per heavy atom. The number of methoxy groups -OCH3 is 1. The summed E-state index contributed by atoms with van der Waals surface area (Å²) in [7, 11) is 1.63. The van der Waals surface area contributed by atoms with E-state index in [4.69, 9.17) is 9.47 Å². The molecule has 25 heavy (non-hydrogen) atoms. The lowest BCUT2D eigenvalue weighted by Gasteiger charge is -2.13. The van der Waals surface area contributed by atoms with E-state index in [1.165, 1.54) is 0 Å². The third kappa shape index (κ3) is 3.11. The van der Waals surface area contributed by atoms with E-state index in [9.17, 15) is 0 Å². The van der Waals surface area contributed by atoms with Gasteiger partial charge in [0, 0.05) is 6.61 Å². The Bertz CT molecular complexity index is 924. The number of aromatic nitrogens is 4. The van der Waals surface area contributed by atoms with Gasteiger partial charge >= 0.3 is 0 Å². The standard InChI is InChI=1S/C16H15Br2N5O2/c1-24-10-5-2-4-9(12(10)17)20-14-13-15(22-16(18)21-14)23(8-19-13)11-6-3-7-25-11/h2,4-5,8,11H,3,6-7H2,1H3,(H,20,21,22). The van der Waals surface area contributed by atoms with E-state index in [1.807, 2.05) is 22.8 Å². The Labute approximate surface area is 161 Å². The predicted molar refractivity (Wildman–Crippen MR) is 101 cm³/mol. The van der Waals surface area contributed by atoms with E-state index in [2.05, 4.69) is 52.1 Å². The van der Waals surface area contributed by atoms with Crippen molar-refractivity contribution in [2.75, 3.05) is 19.0 Å². The lowest BCUT2D eigenvalue weighted by Crippen LogP contribution is -2.07. The van der Waals surface area contributed by atoms with Crippen LogP contribution in [0.1, 0.15) is 19.1 Å². The number of ether oxygens (including phenoxy) is 2. The lowest BCUT2D eigenvalue weighted by molar-refractivity contribution is 0.0592. The summed E-state index contributed by atoms with van der Waals surface area (Å²) >= 11 is 6.94. The highest BCUT2D eigenvalue weighted by atomic mass is 79.9. The number of fused-ring (bicyclic) bond motifs is 1. The fourth-order valence-corrected chi connectivity index (χ4v) is 3.73. The highest BCUT2D eigenvalue weighted by Gasteiger charge is 2.22. The molecule has 1 aliphatic rings. The molecular formula is C16H15Br2N5O2. The molecule has 9 heteroatoms. The third-order valence-electron chi connectivity index (χ3n) is 4.05. The number of halogens is 2. The smallest absolute Gasteiger partial charge is 0.200 e. The number of nitrogens with zero attached hydrogens (tertiary/aromatic N) is 4. The van der Waals surface area contributed by atoms with Crippen molar-refractivity contribution >= 4 is 54.5 Å². The molecular weight excluding hydrogens is 454 g/mol. The first-order valence-corrected chi connectivity index (χ1v) is 9.37. The second kappa shape index (κ2) is 6.89. The van der Waals surface area contributed by atoms with Gasteiger partial charge in [0.25, 0.3) is 0 Å². The molecule has 0 bridgehead atoms. The minimum Gasteiger partial charge on any atom is -0.495 e. The van der Waals surface area contributed by atoms with Crippen LogP contribution in [0.3, 0.4) is 0 Å². The van der Waals surface area contributed by atoms with Crippen molar-refractivity contribution in [3.63, 3.8) is 0 Å². The number of nitrogens with one attached hydrogen (secondary N) is 1. The van der Waals surface area contributed by atoms with Crippen LogP contribution in [0.25, 0.3) is 11.2 Å². The van der Waals surface area contributed by atoms with Gasteiger partial charge in [-0.15, -0.1) is 0 Å². The summed E-state index contributed by atoms with van der Waals surface area (Å²) in [5.41, 5.74) is 2.25. The molecule has 0 amide bonds. The summed E-state index contributed by atoms with van der Waals surface area (Å²) in [6.07, 6.45) is 3.73. The average Bonchev–Trinajstić information content (AvgIpc) is 3.25. The van der Waals surface area contributed by atoms with Crippen LogP contribution in [0.5, 0.6) is 5.75 Å². The van der Waals surface area contributed by atoms with E-state index in [-0.39, 0.29) is 6.23 Å². The number of hydrogen-bond donors (Lipinski definition) is 1. The zero-order chi connectivity index (χ0) is 17.4. The first-order chi connectivity index (χ1) is 12.2. The van der Waals surface area contributed by atoms with Gasteiger partial charge in [-0.25, -0.2) is 15.0 Å². The number of benzene rings is 1. The molecule has 0 radical (unpaired) electrons. The Morgan fingerprint density at radius 2 is 2.20 bits per heavy atom. The fourth-order valence-electron chi connectivity index (χ4n) is 2.86. The van der Waals surface area contributed by atoms with Crippen molar-refractivity contribution in [2.45, 2.75) is 19.1 Å². The van der Waals surface area contributed by atoms with Gasteiger partial charge in [-0.3, -0.25) is 4.57 Å². The maximum absolute atomic E-state index is 5.76. The first kappa shape index (κ1) is 16.7. The number of hydrogen-bond acceptors (Lipinski definition) is 6. The van der Waals surface area contributed by atoms with Gasteiger partial charge in [0.1, 0.15) is 12.0 Å². The number of anilines is 2. The molecule has 130 valence electrons. The summed E-state index contributed by atoms with van der Waals surface area (Å²) < 4.78 is 14.4. The van der Waals surface area contributed by atoms with E-state index < -0.39 is 0 Å². The topological polar surface area (TPSA) is 74.1 Å². The van der Waals surface area contributed by atoms with Crippen LogP contribution in [0.15, 0.2) is 33.7 Å². The van der Waals surface area contributed by atoms with E-state index in [0.717, 1.165) is 41.0 Å².